The van der Waals surface area contributed by atoms with Crippen molar-refractivity contribution >= 4 is 6.29 Å². The van der Waals surface area contributed by atoms with Gasteiger partial charge in [-0.3, -0.25) is 4.84 Å². The van der Waals surface area contributed by atoms with Crippen molar-refractivity contribution < 1.29 is 9.63 Å². The molecular formula is C18H26N4O2. The summed E-state index contributed by atoms with van der Waals surface area (Å²) in [6.07, 6.45) is 2.95. The van der Waals surface area contributed by atoms with Gasteiger partial charge in [0.1, 0.15) is 6.10 Å². The topological polar surface area (TPSA) is 78.3 Å². The lowest BCUT2D eigenvalue weighted by molar-refractivity contribution is -0.299. The van der Waals surface area contributed by atoms with E-state index in [4.69, 9.17) is 10.4 Å². The molecule has 0 saturated carbocycles. The molecule has 0 unspecified atom stereocenters. The Morgan fingerprint density at radius 2 is 1.79 bits per heavy atom. The van der Waals surface area contributed by atoms with E-state index in [2.05, 4.69) is 37.7 Å². The highest BCUT2D eigenvalue weighted by atomic mass is 16.7. The molecule has 1 aliphatic rings. The Hall–Kier alpha value is -1.88. The largest absolute Gasteiger partial charge is 0.300 e. The molecule has 24 heavy (non-hydrogen) atoms. The molecule has 2 atom stereocenters. The molecule has 0 spiro atoms. The van der Waals surface area contributed by atoms with E-state index in [1.165, 1.54) is 0 Å². The summed E-state index contributed by atoms with van der Waals surface area (Å²) >= 11 is 0. The number of hydroxylamine groups is 2. The third kappa shape index (κ3) is 3.96. The first-order valence-electron chi connectivity index (χ1n) is 8.33. The van der Waals surface area contributed by atoms with Crippen LogP contribution in [0.5, 0.6) is 0 Å². The minimum Gasteiger partial charge on any atom is -0.300 e. The summed E-state index contributed by atoms with van der Waals surface area (Å²) in [5.41, 5.74) is 9.30. The van der Waals surface area contributed by atoms with Gasteiger partial charge in [0.15, 0.2) is 6.29 Å². The number of rotatable bonds is 6. The average molecular weight is 330 g/mol. The van der Waals surface area contributed by atoms with E-state index >= 15 is 0 Å². The SMILES string of the molecule is CC1(C)CCCC(C)(C)N1O[C@@H](C=O)[C@H](N=[N+]=[N-])c1ccccc1. The van der Waals surface area contributed by atoms with Crippen molar-refractivity contribution in [1.82, 2.24) is 5.06 Å². The highest BCUT2D eigenvalue weighted by molar-refractivity contribution is 5.58. The molecule has 130 valence electrons. The minimum atomic E-state index is -0.861. The molecule has 1 saturated heterocycles. The Morgan fingerprint density at radius 1 is 1.21 bits per heavy atom. The van der Waals surface area contributed by atoms with Crippen LogP contribution in [0.1, 0.15) is 58.6 Å². The van der Waals surface area contributed by atoms with Crippen LogP contribution in [0.3, 0.4) is 0 Å². The third-order valence-corrected chi connectivity index (χ3v) is 4.67. The van der Waals surface area contributed by atoms with Gasteiger partial charge in [-0.15, -0.1) is 0 Å². The van der Waals surface area contributed by atoms with Gasteiger partial charge in [-0.05, 0) is 58.1 Å². The molecule has 6 nitrogen and oxygen atoms in total. The summed E-state index contributed by atoms with van der Waals surface area (Å²) in [6, 6.07) is 8.57. The fourth-order valence-corrected chi connectivity index (χ4v) is 3.57. The molecule has 0 bridgehead atoms. The quantitative estimate of drug-likeness (QED) is 0.331. The maximum absolute atomic E-state index is 11.8. The number of hydrogen-bond donors (Lipinski definition) is 0. The zero-order chi connectivity index (χ0) is 17.8. The van der Waals surface area contributed by atoms with E-state index in [9.17, 15) is 4.79 Å². The Balaban J connectivity index is 2.32. The highest BCUT2D eigenvalue weighted by Gasteiger charge is 2.44. The van der Waals surface area contributed by atoms with Crippen molar-refractivity contribution in [1.29, 1.82) is 0 Å². The Morgan fingerprint density at radius 3 is 2.29 bits per heavy atom. The summed E-state index contributed by atoms with van der Waals surface area (Å²) in [5.74, 6) is 0. The molecule has 0 radical (unpaired) electrons. The second-order valence-corrected chi connectivity index (χ2v) is 7.54. The number of carbonyl (C=O) groups excluding carboxylic acids is 1. The second kappa shape index (κ2) is 7.34. The minimum absolute atomic E-state index is 0.194. The molecule has 0 N–H and O–H groups in total. The number of piperidine rings is 1. The van der Waals surface area contributed by atoms with Gasteiger partial charge < -0.3 is 4.79 Å². The predicted octanol–water partition coefficient (Wildman–Crippen LogP) is 4.58. The molecule has 1 fully saturated rings. The lowest BCUT2D eigenvalue weighted by atomic mass is 9.82. The molecule has 6 heteroatoms. The second-order valence-electron chi connectivity index (χ2n) is 7.54. The molecule has 0 aromatic heterocycles. The summed E-state index contributed by atoms with van der Waals surface area (Å²) in [4.78, 5) is 20.8. The van der Waals surface area contributed by atoms with Crippen LogP contribution in [0.4, 0.5) is 0 Å². The van der Waals surface area contributed by atoms with Crippen LogP contribution in [-0.2, 0) is 9.63 Å². The van der Waals surface area contributed by atoms with Gasteiger partial charge in [-0.25, -0.2) is 0 Å². The number of aldehydes is 1. The van der Waals surface area contributed by atoms with Crippen molar-refractivity contribution in [3.8, 4) is 0 Å². The predicted molar refractivity (Wildman–Crippen MR) is 93.1 cm³/mol. The lowest BCUT2D eigenvalue weighted by Crippen LogP contribution is -2.59. The normalized spacial score (nSPS) is 22.2. The smallest absolute Gasteiger partial charge is 0.151 e. The standard InChI is InChI=1S/C18H26N4O2/c1-17(2)11-8-12-18(3,4)22(17)24-15(13-23)16(20-21-19)14-9-6-5-7-10-14/h5-7,9-10,13,15-16H,8,11-12H2,1-4H3/t15-,16+/m0/s1. The van der Waals surface area contributed by atoms with Gasteiger partial charge in [-0.2, -0.15) is 5.06 Å². The van der Waals surface area contributed by atoms with Crippen molar-refractivity contribution in [3.63, 3.8) is 0 Å². The monoisotopic (exact) mass is 330 g/mol. The van der Waals surface area contributed by atoms with E-state index in [-0.39, 0.29) is 11.1 Å². The molecule has 1 aromatic rings. The van der Waals surface area contributed by atoms with E-state index in [0.29, 0.717) is 0 Å². The van der Waals surface area contributed by atoms with Crippen molar-refractivity contribution in [2.45, 2.75) is 70.2 Å². The van der Waals surface area contributed by atoms with Crippen LogP contribution in [0.2, 0.25) is 0 Å². The first-order valence-corrected chi connectivity index (χ1v) is 8.33. The average Bonchev–Trinajstić information content (AvgIpc) is 2.53. The number of nitrogens with zero attached hydrogens (tertiary/aromatic N) is 4. The summed E-state index contributed by atoms with van der Waals surface area (Å²) in [5, 5.41) is 5.75. The summed E-state index contributed by atoms with van der Waals surface area (Å²) in [6.45, 7) is 8.45. The number of benzene rings is 1. The van der Waals surface area contributed by atoms with E-state index in [0.717, 1.165) is 31.1 Å². The molecule has 0 aliphatic carbocycles. The third-order valence-electron chi connectivity index (χ3n) is 4.67. The van der Waals surface area contributed by atoms with Gasteiger partial charge in [0, 0.05) is 16.0 Å². The fraction of sp³-hybridized carbons (Fsp3) is 0.611. The Kier molecular flexibility index (Phi) is 5.65. The molecular weight excluding hydrogens is 304 g/mol. The van der Waals surface area contributed by atoms with Crippen molar-refractivity contribution in [2.24, 2.45) is 5.11 Å². The van der Waals surface area contributed by atoms with Gasteiger partial charge >= 0.3 is 0 Å². The molecule has 0 amide bonds. The molecule has 2 rings (SSSR count). The number of hydrogen-bond acceptors (Lipinski definition) is 4. The zero-order valence-corrected chi connectivity index (χ0v) is 14.8. The van der Waals surface area contributed by atoms with E-state index < -0.39 is 12.1 Å². The van der Waals surface area contributed by atoms with Crippen LogP contribution in [0.25, 0.3) is 10.4 Å². The first-order chi connectivity index (χ1) is 11.3. The molecule has 1 heterocycles. The van der Waals surface area contributed by atoms with Gasteiger partial charge in [0.2, 0.25) is 0 Å². The zero-order valence-electron chi connectivity index (χ0n) is 14.8. The lowest BCUT2D eigenvalue weighted by Gasteiger charge is -2.52. The van der Waals surface area contributed by atoms with Crippen LogP contribution < -0.4 is 0 Å². The number of carbonyl (C=O) groups is 1. The fourth-order valence-electron chi connectivity index (χ4n) is 3.57. The molecule has 1 aromatic carbocycles. The van der Waals surface area contributed by atoms with Gasteiger partial charge in [-0.1, -0.05) is 35.4 Å². The first kappa shape index (κ1) is 18.5. The van der Waals surface area contributed by atoms with Crippen LogP contribution in [0.15, 0.2) is 35.4 Å². The maximum Gasteiger partial charge on any atom is 0.151 e. The highest BCUT2D eigenvalue weighted by Crippen LogP contribution is 2.40. The maximum atomic E-state index is 11.8. The van der Waals surface area contributed by atoms with Crippen LogP contribution in [0, 0.1) is 0 Å². The number of azide groups is 1. The van der Waals surface area contributed by atoms with E-state index in [1.807, 2.05) is 35.4 Å². The molecule has 1 aliphatic heterocycles. The van der Waals surface area contributed by atoms with Gasteiger partial charge in [0.05, 0.1) is 6.04 Å². The Labute approximate surface area is 143 Å². The Bertz CT molecular complexity index is 593. The van der Waals surface area contributed by atoms with Crippen LogP contribution in [-0.4, -0.2) is 28.5 Å². The van der Waals surface area contributed by atoms with Crippen molar-refractivity contribution in [2.75, 3.05) is 0 Å². The van der Waals surface area contributed by atoms with Gasteiger partial charge in [0.25, 0.3) is 0 Å². The summed E-state index contributed by atoms with van der Waals surface area (Å²) in [7, 11) is 0. The van der Waals surface area contributed by atoms with E-state index in [1.54, 1.807) is 0 Å². The van der Waals surface area contributed by atoms with Crippen molar-refractivity contribution in [3.05, 3.63) is 46.3 Å². The van der Waals surface area contributed by atoms with Crippen LogP contribution >= 0.6 is 0 Å². The summed E-state index contributed by atoms with van der Waals surface area (Å²) < 4.78 is 0.